The molecule has 1 fully saturated rings. The molecule has 122 valence electrons. The molecule has 1 aliphatic heterocycles. The molecule has 5 nitrogen and oxygen atoms in total. The predicted octanol–water partition coefficient (Wildman–Crippen LogP) is 1.36. The van der Waals surface area contributed by atoms with Gasteiger partial charge >= 0.3 is 0 Å². The van der Waals surface area contributed by atoms with Gasteiger partial charge in [-0.1, -0.05) is 18.1 Å². The largest absolute Gasteiger partial charge is 0.497 e. The average Bonchev–Trinajstić information content (AvgIpc) is 2.90. The Hall–Kier alpha value is -2.26. The lowest BCUT2D eigenvalue weighted by Gasteiger charge is -2.24. The molecule has 1 aromatic carbocycles. The fourth-order valence-corrected chi connectivity index (χ4v) is 4.25. The SMILES string of the molecule is C#CCN(C(=O)C=Cc1cccc(OC)c1)C1CCS(=O)(=O)C1. The summed E-state index contributed by atoms with van der Waals surface area (Å²) in [6, 6.07) is 6.94. The molecule has 1 atom stereocenters. The highest BCUT2D eigenvalue weighted by Crippen LogP contribution is 2.19. The number of carbonyl (C=O) groups is 1. The first-order valence-electron chi connectivity index (χ1n) is 7.22. The monoisotopic (exact) mass is 333 g/mol. The van der Waals surface area contributed by atoms with E-state index in [4.69, 9.17) is 11.2 Å². The summed E-state index contributed by atoms with van der Waals surface area (Å²) in [5, 5.41) is 0. The van der Waals surface area contributed by atoms with Crippen molar-refractivity contribution in [1.82, 2.24) is 4.90 Å². The minimum absolute atomic E-state index is 0.0204. The van der Waals surface area contributed by atoms with E-state index in [0.717, 1.165) is 5.56 Å². The summed E-state index contributed by atoms with van der Waals surface area (Å²) in [5.41, 5.74) is 0.817. The van der Waals surface area contributed by atoms with Crippen LogP contribution in [0.5, 0.6) is 5.75 Å². The van der Waals surface area contributed by atoms with Crippen LogP contribution in [0.2, 0.25) is 0 Å². The number of sulfone groups is 1. The lowest BCUT2D eigenvalue weighted by molar-refractivity contribution is -0.127. The first kappa shape index (κ1) is 17.1. The Balaban J connectivity index is 2.12. The number of hydrogen-bond acceptors (Lipinski definition) is 4. The zero-order valence-corrected chi connectivity index (χ0v) is 13.8. The van der Waals surface area contributed by atoms with Crippen LogP contribution in [0.1, 0.15) is 12.0 Å². The molecular weight excluding hydrogens is 314 g/mol. The first-order valence-corrected chi connectivity index (χ1v) is 9.04. The Morgan fingerprint density at radius 2 is 2.30 bits per heavy atom. The molecule has 0 saturated carbocycles. The molecule has 0 aliphatic carbocycles. The third kappa shape index (κ3) is 4.60. The molecule has 2 rings (SSSR count). The molecule has 0 aromatic heterocycles. The third-order valence-electron chi connectivity index (χ3n) is 3.71. The Morgan fingerprint density at radius 1 is 1.52 bits per heavy atom. The number of methoxy groups -OCH3 is 1. The second-order valence-electron chi connectivity index (χ2n) is 5.34. The molecule has 23 heavy (non-hydrogen) atoms. The molecule has 1 aromatic rings. The zero-order valence-electron chi connectivity index (χ0n) is 12.9. The van der Waals surface area contributed by atoms with Crippen LogP contribution in [0.3, 0.4) is 0 Å². The number of amides is 1. The van der Waals surface area contributed by atoms with Gasteiger partial charge in [0.15, 0.2) is 9.84 Å². The van der Waals surface area contributed by atoms with Crippen LogP contribution in [-0.2, 0) is 14.6 Å². The molecular formula is C17H19NO4S. The smallest absolute Gasteiger partial charge is 0.247 e. The molecule has 1 unspecified atom stereocenters. The molecule has 0 spiro atoms. The molecule has 1 aliphatic rings. The van der Waals surface area contributed by atoms with Gasteiger partial charge in [0.25, 0.3) is 0 Å². The van der Waals surface area contributed by atoms with Crippen molar-refractivity contribution in [3.05, 3.63) is 35.9 Å². The van der Waals surface area contributed by atoms with Gasteiger partial charge < -0.3 is 9.64 Å². The van der Waals surface area contributed by atoms with Gasteiger partial charge in [-0.25, -0.2) is 8.42 Å². The average molecular weight is 333 g/mol. The van der Waals surface area contributed by atoms with E-state index in [-0.39, 0.29) is 30.0 Å². The molecule has 1 heterocycles. The number of ether oxygens (including phenoxy) is 1. The number of rotatable bonds is 5. The van der Waals surface area contributed by atoms with Gasteiger partial charge in [-0.2, -0.15) is 0 Å². The topological polar surface area (TPSA) is 63.7 Å². The van der Waals surface area contributed by atoms with Crippen LogP contribution in [0.25, 0.3) is 6.08 Å². The van der Waals surface area contributed by atoms with Crippen LogP contribution in [0, 0.1) is 12.3 Å². The fraction of sp³-hybridized carbons (Fsp3) is 0.353. The Kier molecular flexibility index (Phi) is 5.45. The fourth-order valence-electron chi connectivity index (χ4n) is 2.51. The van der Waals surface area contributed by atoms with E-state index in [9.17, 15) is 13.2 Å². The molecule has 0 radical (unpaired) electrons. The van der Waals surface area contributed by atoms with Crippen molar-refractivity contribution >= 4 is 21.8 Å². The molecule has 0 N–H and O–H groups in total. The summed E-state index contributed by atoms with van der Waals surface area (Å²) < 4.78 is 28.3. The zero-order chi connectivity index (χ0) is 16.9. The van der Waals surface area contributed by atoms with Gasteiger partial charge in [0.05, 0.1) is 25.2 Å². The predicted molar refractivity (Wildman–Crippen MR) is 89.6 cm³/mol. The first-order chi connectivity index (χ1) is 10.9. The van der Waals surface area contributed by atoms with Gasteiger partial charge in [-0.3, -0.25) is 4.79 Å². The lowest BCUT2D eigenvalue weighted by Crippen LogP contribution is -2.40. The van der Waals surface area contributed by atoms with E-state index in [1.165, 1.54) is 11.0 Å². The van der Waals surface area contributed by atoms with Crippen molar-refractivity contribution < 1.29 is 17.9 Å². The third-order valence-corrected chi connectivity index (χ3v) is 5.46. The van der Waals surface area contributed by atoms with Crippen molar-refractivity contribution in [1.29, 1.82) is 0 Å². The maximum Gasteiger partial charge on any atom is 0.247 e. The Morgan fingerprint density at radius 3 is 2.91 bits per heavy atom. The van der Waals surface area contributed by atoms with Crippen LogP contribution >= 0.6 is 0 Å². The van der Waals surface area contributed by atoms with Crippen LogP contribution in [0.4, 0.5) is 0 Å². The van der Waals surface area contributed by atoms with Crippen molar-refractivity contribution in [3.8, 4) is 18.1 Å². The van der Waals surface area contributed by atoms with Crippen molar-refractivity contribution in [2.24, 2.45) is 0 Å². The lowest BCUT2D eigenvalue weighted by atomic mass is 10.1. The van der Waals surface area contributed by atoms with Crippen LogP contribution < -0.4 is 4.74 Å². The highest BCUT2D eigenvalue weighted by Gasteiger charge is 2.33. The van der Waals surface area contributed by atoms with E-state index in [2.05, 4.69) is 5.92 Å². The number of hydrogen-bond donors (Lipinski definition) is 0. The Bertz CT molecular complexity index is 746. The van der Waals surface area contributed by atoms with Crippen molar-refractivity contribution in [3.63, 3.8) is 0 Å². The second kappa shape index (κ2) is 7.34. The summed E-state index contributed by atoms with van der Waals surface area (Å²) in [4.78, 5) is 13.8. The van der Waals surface area contributed by atoms with Gasteiger partial charge in [0, 0.05) is 12.1 Å². The molecule has 1 amide bonds. The van der Waals surface area contributed by atoms with E-state index >= 15 is 0 Å². The quantitative estimate of drug-likeness (QED) is 0.603. The van der Waals surface area contributed by atoms with Crippen molar-refractivity contribution in [2.45, 2.75) is 12.5 Å². The van der Waals surface area contributed by atoms with Gasteiger partial charge in [0.1, 0.15) is 5.75 Å². The molecule has 1 saturated heterocycles. The number of terminal acetylenes is 1. The summed E-state index contributed by atoms with van der Waals surface area (Å²) in [6.45, 7) is 0.0987. The van der Waals surface area contributed by atoms with Gasteiger partial charge in [-0.05, 0) is 30.2 Å². The number of carbonyl (C=O) groups excluding carboxylic acids is 1. The summed E-state index contributed by atoms with van der Waals surface area (Å²) in [5.74, 6) is 2.92. The number of nitrogens with zero attached hydrogens (tertiary/aromatic N) is 1. The number of benzene rings is 1. The molecule has 6 heteroatoms. The Labute approximate surface area is 136 Å². The maximum atomic E-state index is 12.4. The van der Waals surface area contributed by atoms with E-state index in [0.29, 0.717) is 12.2 Å². The van der Waals surface area contributed by atoms with Crippen LogP contribution in [-0.4, -0.2) is 50.4 Å². The minimum atomic E-state index is -3.07. The normalized spacial score (nSPS) is 19.4. The highest BCUT2D eigenvalue weighted by molar-refractivity contribution is 7.91. The highest BCUT2D eigenvalue weighted by atomic mass is 32.2. The summed E-state index contributed by atoms with van der Waals surface area (Å²) in [7, 11) is -1.50. The second-order valence-corrected chi connectivity index (χ2v) is 7.57. The van der Waals surface area contributed by atoms with E-state index < -0.39 is 9.84 Å². The van der Waals surface area contributed by atoms with Crippen molar-refractivity contribution in [2.75, 3.05) is 25.2 Å². The summed E-state index contributed by atoms with van der Waals surface area (Å²) >= 11 is 0. The minimum Gasteiger partial charge on any atom is -0.497 e. The van der Waals surface area contributed by atoms with Gasteiger partial charge in [0.2, 0.25) is 5.91 Å². The van der Waals surface area contributed by atoms with E-state index in [1.807, 2.05) is 18.2 Å². The van der Waals surface area contributed by atoms with E-state index in [1.54, 1.807) is 19.3 Å². The standard InChI is InChI=1S/C17H19NO4S/c1-3-10-18(15-9-11-23(20,21)13-15)17(19)8-7-14-5-4-6-16(12-14)22-2/h1,4-8,12,15H,9-11,13H2,2H3. The maximum absolute atomic E-state index is 12.4. The summed E-state index contributed by atoms with van der Waals surface area (Å²) in [6.07, 6.45) is 8.83. The van der Waals surface area contributed by atoms with Gasteiger partial charge in [-0.15, -0.1) is 6.42 Å². The molecule has 0 bridgehead atoms. The van der Waals surface area contributed by atoms with Crippen LogP contribution in [0.15, 0.2) is 30.3 Å².